The predicted octanol–water partition coefficient (Wildman–Crippen LogP) is 3.75. The number of aromatic nitrogens is 2. The zero-order valence-corrected chi connectivity index (χ0v) is 18.6. The summed E-state index contributed by atoms with van der Waals surface area (Å²) in [5, 5.41) is 11.0. The Kier molecular flexibility index (Phi) is 6.06. The third kappa shape index (κ3) is 4.55. The molecule has 3 aromatic rings. The van der Waals surface area contributed by atoms with Gasteiger partial charge < -0.3 is 4.90 Å². The van der Waals surface area contributed by atoms with Gasteiger partial charge >= 0.3 is 0 Å². The molecule has 0 atom stereocenters. The highest BCUT2D eigenvalue weighted by atomic mass is 32.2. The van der Waals surface area contributed by atoms with Crippen LogP contribution >= 0.6 is 11.3 Å². The van der Waals surface area contributed by atoms with E-state index in [0.717, 1.165) is 36.0 Å². The van der Waals surface area contributed by atoms with Crippen LogP contribution in [0, 0.1) is 0 Å². The Labute approximate surface area is 176 Å². The molecule has 156 valence electrons. The summed E-state index contributed by atoms with van der Waals surface area (Å²) in [6.07, 6.45) is 2.33. The van der Waals surface area contributed by atoms with Gasteiger partial charge in [0.2, 0.25) is 10.0 Å². The zero-order chi connectivity index (χ0) is 20.4. The van der Waals surface area contributed by atoms with E-state index in [1.165, 1.54) is 10.4 Å². The third-order valence-corrected chi connectivity index (χ3v) is 8.53. The summed E-state index contributed by atoms with van der Waals surface area (Å²) in [5.74, 6) is 0.541. The molecule has 1 fully saturated rings. The average Bonchev–Trinajstić information content (AvgIpc) is 3.37. The van der Waals surface area contributed by atoms with Gasteiger partial charge in [0, 0.05) is 35.0 Å². The van der Waals surface area contributed by atoms with E-state index in [1.807, 2.05) is 19.0 Å². The number of nitrogens with zero attached hydrogens (tertiary/aromatic N) is 3. The molecule has 6 nitrogen and oxygen atoms in total. The Morgan fingerprint density at radius 1 is 1.24 bits per heavy atom. The SMILES string of the molecule is CN(C)CCCS(=O)(=O)N1CCC(c2[nH]nc3ccc(-c4cccs4)cc23)CC1. The van der Waals surface area contributed by atoms with Crippen LogP contribution in [-0.4, -0.2) is 67.3 Å². The zero-order valence-electron chi connectivity index (χ0n) is 17.0. The Morgan fingerprint density at radius 3 is 2.72 bits per heavy atom. The number of hydrogen-bond donors (Lipinski definition) is 1. The van der Waals surface area contributed by atoms with Gasteiger partial charge in [-0.25, -0.2) is 12.7 Å². The van der Waals surface area contributed by atoms with Crippen molar-refractivity contribution in [1.82, 2.24) is 19.4 Å². The lowest BCUT2D eigenvalue weighted by Crippen LogP contribution is -2.39. The van der Waals surface area contributed by atoms with Gasteiger partial charge in [-0.1, -0.05) is 12.1 Å². The first-order valence-corrected chi connectivity index (χ1v) is 12.6. The standard InChI is InChI=1S/C21H28N4O2S2/c1-24(2)10-4-14-29(26,27)25-11-8-16(9-12-25)21-18-15-17(20-5-3-13-28-20)6-7-19(18)22-23-21/h3,5-7,13,15-16H,4,8-12,14H2,1-2H3,(H,22,23). The van der Waals surface area contributed by atoms with Crippen molar-refractivity contribution in [3.05, 3.63) is 41.4 Å². The van der Waals surface area contributed by atoms with Gasteiger partial charge in [-0.2, -0.15) is 5.10 Å². The maximum absolute atomic E-state index is 12.6. The molecule has 1 aromatic carbocycles. The summed E-state index contributed by atoms with van der Waals surface area (Å²) in [6, 6.07) is 10.6. The molecule has 0 unspecified atom stereocenters. The number of piperidine rings is 1. The molecule has 4 rings (SSSR count). The van der Waals surface area contributed by atoms with E-state index < -0.39 is 10.0 Å². The number of thiophene rings is 1. The molecule has 0 bridgehead atoms. The Bertz CT molecular complexity index is 1050. The number of fused-ring (bicyclic) bond motifs is 1. The number of nitrogens with one attached hydrogen (secondary N) is 1. The molecular weight excluding hydrogens is 404 g/mol. The normalized spacial score (nSPS) is 16.8. The number of benzene rings is 1. The Balaban J connectivity index is 1.46. The van der Waals surface area contributed by atoms with Crippen LogP contribution in [0.2, 0.25) is 0 Å². The van der Waals surface area contributed by atoms with Crippen molar-refractivity contribution in [2.45, 2.75) is 25.2 Å². The molecule has 1 aliphatic heterocycles. The first kappa shape index (κ1) is 20.5. The molecule has 8 heteroatoms. The van der Waals surface area contributed by atoms with Crippen LogP contribution in [0.3, 0.4) is 0 Å². The van der Waals surface area contributed by atoms with Gasteiger partial charge in [0.1, 0.15) is 0 Å². The monoisotopic (exact) mass is 432 g/mol. The quantitative estimate of drug-likeness (QED) is 0.617. The molecule has 0 aliphatic carbocycles. The van der Waals surface area contributed by atoms with Crippen molar-refractivity contribution in [2.75, 3.05) is 39.5 Å². The van der Waals surface area contributed by atoms with Gasteiger partial charge in [-0.15, -0.1) is 11.3 Å². The molecule has 1 N–H and O–H groups in total. The summed E-state index contributed by atoms with van der Waals surface area (Å²) in [4.78, 5) is 3.27. The first-order valence-electron chi connectivity index (χ1n) is 10.1. The topological polar surface area (TPSA) is 69.3 Å². The fraction of sp³-hybridized carbons (Fsp3) is 0.476. The van der Waals surface area contributed by atoms with Crippen molar-refractivity contribution >= 4 is 32.3 Å². The summed E-state index contributed by atoms with van der Waals surface area (Å²) in [6.45, 7) is 1.96. The molecule has 29 heavy (non-hydrogen) atoms. The van der Waals surface area contributed by atoms with Crippen molar-refractivity contribution in [3.63, 3.8) is 0 Å². The number of sulfonamides is 1. The Morgan fingerprint density at radius 2 is 2.03 bits per heavy atom. The van der Waals surface area contributed by atoms with Crippen molar-refractivity contribution in [2.24, 2.45) is 0 Å². The van der Waals surface area contributed by atoms with Gasteiger partial charge in [0.15, 0.2) is 0 Å². The lowest BCUT2D eigenvalue weighted by atomic mass is 9.92. The highest BCUT2D eigenvalue weighted by molar-refractivity contribution is 7.89. The summed E-state index contributed by atoms with van der Waals surface area (Å²) in [5.41, 5.74) is 3.32. The smallest absolute Gasteiger partial charge is 0.214 e. The lowest BCUT2D eigenvalue weighted by Gasteiger charge is -2.31. The predicted molar refractivity (Wildman–Crippen MR) is 120 cm³/mol. The van der Waals surface area contributed by atoms with E-state index >= 15 is 0 Å². The van der Waals surface area contributed by atoms with E-state index in [-0.39, 0.29) is 5.75 Å². The molecular formula is C21H28N4O2S2. The molecule has 1 aliphatic rings. The second-order valence-corrected chi connectivity index (χ2v) is 11.0. The number of aromatic amines is 1. The summed E-state index contributed by atoms with van der Waals surface area (Å²) < 4.78 is 26.9. The number of hydrogen-bond acceptors (Lipinski definition) is 5. The number of H-pyrrole nitrogens is 1. The van der Waals surface area contributed by atoms with E-state index in [9.17, 15) is 8.42 Å². The van der Waals surface area contributed by atoms with Gasteiger partial charge in [-0.05, 0) is 69.0 Å². The first-order chi connectivity index (χ1) is 13.9. The maximum Gasteiger partial charge on any atom is 0.214 e. The van der Waals surface area contributed by atoms with Gasteiger partial charge in [0.25, 0.3) is 0 Å². The van der Waals surface area contributed by atoms with E-state index in [4.69, 9.17) is 0 Å². The van der Waals surface area contributed by atoms with Crippen molar-refractivity contribution in [3.8, 4) is 10.4 Å². The average molecular weight is 433 g/mol. The molecule has 0 saturated carbocycles. The Hall–Kier alpha value is -1.74. The van der Waals surface area contributed by atoms with Crippen LogP contribution in [0.5, 0.6) is 0 Å². The van der Waals surface area contributed by atoms with E-state index in [2.05, 4.69) is 45.9 Å². The van der Waals surface area contributed by atoms with Crippen LogP contribution in [0.15, 0.2) is 35.7 Å². The van der Waals surface area contributed by atoms with Crippen LogP contribution in [0.4, 0.5) is 0 Å². The second-order valence-electron chi connectivity index (χ2n) is 7.99. The fourth-order valence-corrected chi connectivity index (χ4v) is 6.30. The lowest BCUT2D eigenvalue weighted by molar-refractivity contribution is 0.316. The van der Waals surface area contributed by atoms with Crippen molar-refractivity contribution < 1.29 is 8.42 Å². The number of rotatable bonds is 7. The van der Waals surface area contributed by atoms with Crippen LogP contribution < -0.4 is 0 Å². The highest BCUT2D eigenvalue weighted by Gasteiger charge is 2.29. The second kappa shape index (κ2) is 8.55. The van der Waals surface area contributed by atoms with E-state index in [0.29, 0.717) is 25.4 Å². The van der Waals surface area contributed by atoms with Gasteiger partial charge in [0.05, 0.1) is 11.3 Å². The molecule has 2 aromatic heterocycles. The highest BCUT2D eigenvalue weighted by Crippen LogP contribution is 2.35. The largest absolute Gasteiger partial charge is 0.309 e. The van der Waals surface area contributed by atoms with E-state index in [1.54, 1.807) is 15.6 Å². The minimum atomic E-state index is -3.17. The minimum Gasteiger partial charge on any atom is -0.309 e. The minimum absolute atomic E-state index is 0.229. The summed E-state index contributed by atoms with van der Waals surface area (Å²) in [7, 11) is 0.770. The molecule has 1 saturated heterocycles. The van der Waals surface area contributed by atoms with Crippen molar-refractivity contribution in [1.29, 1.82) is 0 Å². The maximum atomic E-state index is 12.6. The fourth-order valence-electron chi connectivity index (χ4n) is 4.05. The van der Waals surface area contributed by atoms with Crippen LogP contribution in [-0.2, 0) is 10.0 Å². The third-order valence-electron chi connectivity index (χ3n) is 5.65. The van der Waals surface area contributed by atoms with Crippen LogP contribution in [0.1, 0.15) is 30.9 Å². The molecule has 0 radical (unpaired) electrons. The summed E-state index contributed by atoms with van der Waals surface area (Å²) >= 11 is 1.73. The molecule has 3 heterocycles. The van der Waals surface area contributed by atoms with Crippen LogP contribution in [0.25, 0.3) is 21.3 Å². The van der Waals surface area contributed by atoms with Gasteiger partial charge in [-0.3, -0.25) is 5.10 Å². The molecule has 0 amide bonds. The molecule has 0 spiro atoms.